The molecule has 2 aromatic rings. The molecular weight excluding hydrogens is 238 g/mol. The molecule has 2 heterocycles. The number of hydrogen-bond acceptors (Lipinski definition) is 4. The van der Waals surface area contributed by atoms with Crippen LogP contribution in [-0.4, -0.2) is 26.2 Å². The van der Waals surface area contributed by atoms with Gasteiger partial charge < -0.3 is 5.32 Å². The summed E-state index contributed by atoms with van der Waals surface area (Å²) in [5, 5.41) is 10.6. The van der Waals surface area contributed by atoms with Crippen molar-refractivity contribution in [2.45, 2.75) is 46.6 Å². The Morgan fingerprint density at radius 1 is 1.26 bits per heavy atom. The van der Waals surface area contributed by atoms with Gasteiger partial charge in [-0.15, -0.1) is 0 Å². The van der Waals surface area contributed by atoms with Crippen LogP contribution in [0, 0.1) is 13.8 Å². The molecule has 0 aliphatic rings. The first-order valence-electron chi connectivity index (χ1n) is 6.68. The molecule has 102 valence electrons. The van der Waals surface area contributed by atoms with E-state index in [1.54, 1.807) is 0 Å². The third-order valence-electron chi connectivity index (χ3n) is 2.89. The number of nitrogens with one attached hydrogen (secondary N) is 2. The molecule has 5 heteroatoms. The van der Waals surface area contributed by atoms with Gasteiger partial charge in [0.05, 0.1) is 5.69 Å². The van der Waals surface area contributed by atoms with E-state index in [2.05, 4.69) is 45.4 Å². The van der Waals surface area contributed by atoms with Crippen LogP contribution in [0.15, 0.2) is 12.1 Å². The smallest absolute Gasteiger partial charge is 0.130 e. The van der Waals surface area contributed by atoms with Gasteiger partial charge in [0.1, 0.15) is 11.6 Å². The van der Waals surface area contributed by atoms with Crippen molar-refractivity contribution < 1.29 is 0 Å². The number of aryl methyl sites for hydroxylation is 3. The van der Waals surface area contributed by atoms with Crippen LogP contribution in [0.25, 0.3) is 0 Å². The summed E-state index contributed by atoms with van der Waals surface area (Å²) in [5.74, 6) is 1.77. The number of nitrogens with zero attached hydrogens (tertiary/aromatic N) is 3. The van der Waals surface area contributed by atoms with Gasteiger partial charge in [-0.25, -0.2) is 9.97 Å². The monoisotopic (exact) mass is 259 g/mol. The Balaban J connectivity index is 2.02. The third kappa shape index (κ3) is 3.77. The molecule has 0 spiro atoms. The average molecular weight is 259 g/mol. The van der Waals surface area contributed by atoms with E-state index < -0.39 is 0 Å². The highest BCUT2D eigenvalue weighted by Crippen LogP contribution is 2.10. The second-order valence-corrected chi connectivity index (χ2v) is 4.96. The fourth-order valence-electron chi connectivity index (χ4n) is 2.06. The van der Waals surface area contributed by atoms with Gasteiger partial charge in [0.15, 0.2) is 0 Å². The van der Waals surface area contributed by atoms with Crippen LogP contribution < -0.4 is 5.32 Å². The summed E-state index contributed by atoms with van der Waals surface area (Å²) in [6.45, 7) is 8.20. The summed E-state index contributed by atoms with van der Waals surface area (Å²) >= 11 is 0. The molecule has 0 amide bonds. The van der Waals surface area contributed by atoms with Gasteiger partial charge >= 0.3 is 0 Å². The molecule has 0 aliphatic heterocycles. The first kappa shape index (κ1) is 13.5. The molecule has 2 aromatic heterocycles. The third-order valence-corrected chi connectivity index (χ3v) is 2.89. The number of aromatic nitrogens is 4. The lowest BCUT2D eigenvalue weighted by atomic mass is 10.2. The Labute approximate surface area is 113 Å². The summed E-state index contributed by atoms with van der Waals surface area (Å²) in [6.07, 6.45) is 1.72. The van der Waals surface area contributed by atoms with Crippen molar-refractivity contribution in [3.8, 4) is 0 Å². The molecule has 0 saturated carbocycles. The van der Waals surface area contributed by atoms with Gasteiger partial charge in [0.2, 0.25) is 0 Å². The quantitative estimate of drug-likeness (QED) is 0.865. The summed E-state index contributed by atoms with van der Waals surface area (Å²) in [5.41, 5.74) is 3.16. The molecule has 19 heavy (non-hydrogen) atoms. The first-order valence-corrected chi connectivity index (χ1v) is 6.68. The van der Waals surface area contributed by atoms with Crippen molar-refractivity contribution in [1.29, 1.82) is 0 Å². The molecule has 0 aromatic carbocycles. The lowest BCUT2D eigenvalue weighted by Gasteiger charge is -2.14. The maximum Gasteiger partial charge on any atom is 0.130 e. The number of anilines is 1. The lowest BCUT2D eigenvalue weighted by Crippen LogP contribution is -2.19. The highest BCUT2D eigenvalue weighted by molar-refractivity contribution is 5.37. The van der Waals surface area contributed by atoms with Crippen LogP contribution in [0.5, 0.6) is 0 Å². The van der Waals surface area contributed by atoms with Crippen molar-refractivity contribution in [3.05, 3.63) is 35.0 Å². The molecule has 0 radical (unpaired) electrons. The topological polar surface area (TPSA) is 66.5 Å². The lowest BCUT2D eigenvalue weighted by molar-refractivity contribution is 0.755. The van der Waals surface area contributed by atoms with Crippen molar-refractivity contribution in [2.75, 3.05) is 5.32 Å². The Kier molecular flexibility index (Phi) is 4.14. The highest BCUT2D eigenvalue weighted by atomic mass is 15.1. The van der Waals surface area contributed by atoms with E-state index in [-0.39, 0.29) is 6.04 Å². The van der Waals surface area contributed by atoms with E-state index in [4.69, 9.17) is 0 Å². The van der Waals surface area contributed by atoms with E-state index in [0.29, 0.717) is 0 Å². The highest BCUT2D eigenvalue weighted by Gasteiger charge is 2.08. The SMILES string of the molecule is CCc1nc(C)cc(NC(C)Cc2cc(C)[nH]n2)n1. The van der Waals surface area contributed by atoms with Crippen LogP contribution in [0.1, 0.15) is 36.8 Å². The molecular formula is C14H21N5. The summed E-state index contributed by atoms with van der Waals surface area (Å²) in [4.78, 5) is 8.87. The van der Waals surface area contributed by atoms with Crippen molar-refractivity contribution >= 4 is 5.82 Å². The van der Waals surface area contributed by atoms with Gasteiger partial charge in [-0.2, -0.15) is 5.10 Å². The van der Waals surface area contributed by atoms with Crippen LogP contribution >= 0.6 is 0 Å². The molecule has 1 unspecified atom stereocenters. The maximum absolute atomic E-state index is 4.49. The van der Waals surface area contributed by atoms with Gasteiger partial charge in [-0.3, -0.25) is 5.10 Å². The first-order chi connectivity index (χ1) is 9.06. The van der Waals surface area contributed by atoms with E-state index in [0.717, 1.165) is 41.6 Å². The molecule has 0 saturated heterocycles. The molecule has 2 N–H and O–H groups in total. The van der Waals surface area contributed by atoms with Crippen molar-refractivity contribution in [1.82, 2.24) is 20.2 Å². The standard InChI is InChI=1S/C14H21N5/c1-5-13-15-10(3)8-14(17-13)16-9(2)6-12-7-11(4)18-19-12/h7-9H,5-6H2,1-4H3,(H,18,19)(H,15,16,17). The van der Waals surface area contributed by atoms with Crippen molar-refractivity contribution in [3.63, 3.8) is 0 Å². The minimum absolute atomic E-state index is 0.279. The van der Waals surface area contributed by atoms with Gasteiger partial charge in [-0.1, -0.05) is 6.92 Å². The number of aromatic amines is 1. The Bertz CT molecular complexity index is 547. The van der Waals surface area contributed by atoms with E-state index in [1.807, 2.05) is 19.9 Å². The summed E-state index contributed by atoms with van der Waals surface area (Å²) < 4.78 is 0. The van der Waals surface area contributed by atoms with Gasteiger partial charge in [-0.05, 0) is 26.8 Å². The Morgan fingerprint density at radius 2 is 2.05 bits per heavy atom. The number of rotatable bonds is 5. The molecule has 2 rings (SSSR count). The number of H-pyrrole nitrogens is 1. The van der Waals surface area contributed by atoms with Crippen molar-refractivity contribution in [2.24, 2.45) is 0 Å². The van der Waals surface area contributed by atoms with Gasteiger partial charge in [0.25, 0.3) is 0 Å². The van der Waals surface area contributed by atoms with Crippen LogP contribution in [0.3, 0.4) is 0 Å². The van der Waals surface area contributed by atoms with E-state index >= 15 is 0 Å². The predicted molar refractivity (Wildman–Crippen MR) is 76.3 cm³/mol. The average Bonchev–Trinajstić information content (AvgIpc) is 2.73. The molecule has 0 bridgehead atoms. The minimum Gasteiger partial charge on any atom is -0.367 e. The maximum atomic E-state index is 4.49. The fraction of sp³-hybridized carbons (Fsp3) is 0.500. The normalized spacial score (nSPS) is 12.4. The van der Waals surface area contributed by atoms with Crippen LogP contribution in [-0.2, 0) is 12.8 Å². The predicted octanol–water partition coefficient (Wildman–Crippen LogP) is 2.42. The molecule has 0 aliphatic carbocycles. The molecule has 1 atom stereocenters. The number of hydrogen-bond donors (Lipinski definition) is 2. The van der Waals surface area contributed by atoms with E-state index in [9.17, 15) is 0 Å². The zero-order valence-corrected chi connectivity index (χ0v) is 12.0. The molecule has 0 fully saturated rings. The summed E-state index contributed by atoms with van der Waals surface area (Å²) in [6, 6.07) is 4.33. The minimum atomic E-state index is 0.279. The van der Waals surface area contributed by atoms with Crippen LogP contribution in [0.4, 0.5) is 5.82 Å². The zero-order valence-electron chi connectivity index (χ0n) is 12.0. The second-order valence-electron chi connectivity index (χ2n) is 4.96. The van der Waals surface area contributed by atoms with E-state index in [1.165, 1.54) is 0 Å². The summed E-state index contributed by atoms with van der Waals surface area (Å²) in [7, 11) is 0. The van der Waals surface area contributed by atoms with Gasteiger partial charge in [0, 0.05) is 36.3 Å². The largest absolute Gasteiger partial charge is 0.367 e. The Hall–Kier alpha value is -1.91. The zero-order chi connectivity index (χ0) is 13.8. The second kappa shape index (κ2) is 5.82. The molecule has 5 nitrogen and oxygen atoms in total. The fourth-order valence-corrected chi connectivity index (χ4v) is 2.06. The Morgan fingerprint density at radius 3 is 2.68 bits per heavy atom. The van der Waals surface area contributed by atoms with Crippen LogP contribution in [0.2, 0.25) is 0 Å².